The molecule has 182 valence electrons. The predicted molar refractivity (Wildman–Crippen MR) is 127 cm³/mol. The van der Waals surface area contributed by atoms with Gasteiger partial charge in [-0.3, -0.25) is 9.59 Å². The van der Waals surface area contributed by atoms with Gasteiger partial charge in [0.2, 0.25) is 5.91 Å². The Morgan fingerprint density at radius 2 is 1.76 bits per heavy atom. The molecule has 0 spiro atoms. The molecule has 3 aliphatic rings. The summed E-state index contributed by atoms with van der Waals surface area (Å²) in [7, 11) is 1.62. The Hall–Kier alpha value is -2.80. The van der Waals surface area contributed by atoms with Crippen molar-refractivity contribution in [2.24, 2.45) is 11.3 Å². The fraction of sp³-hybridized carbons (Fsp3) is 0.462. The first-order chi connectivity index (χ1) is 16.2. The van der Waals surface area contributed by atoms with Crippen LogP contribution in [-0.2, 0) is 16.1 Å². The maximum absolute atomic E-state index is 13.6. The van der Waals surface area contributed by atoms with Gasteiger partial charge >= 0.3 is 0 Å². The van der Waals surface area contributed by atoms with Gasteiger partial charge in [-0.1, -0.05) is 30.7 Å². The fourth-order valence-electron chi connectivity index (χ4n) is 5.43. The smallest absolute Gasteiger partial charge is 0.258 e. The molecule has 8 heteroatoms. The largest absolute Gasteiger partial charge is 0.497 e. The summed E-state index contributed by atoms with van der Waals surface area (Å²) in [5, 5.41) is 6.28. The number of benzene rings is 2. The number of rotatable bonds is 8. The summed E-state index contributed by atoms with van der Waals surface area (Å²) in [5.74, 6) is 0.420. The molecule has 2 N–H and O–H groups in total. The second kappa shape index (κ2) is 9.82. The molecule has 5 rings (SSSR count). The molecule has 0 heterocycles. The zero-order valence-corrected chi connectivity index (χ0v) is 20.2. The number of amides is 2. The van der Waals surface area contributed by atoms with Crippen LogP contribution in [0.4, 0.5) is 4.39 Å². The van der Waals surface area contributed by atoms with Gasteiger partial charge in [0, 0.05) is 18.2 Å². The highest BCUT2D eigenvalue weighted by molar-refractivity contribution is 6.30. The lowest BCUT2D eigenvalue weighted by atomic mass is 9.52. The summed E-state index contributed by atoms with van der Waals surface area (Å²) in [4.78, 5) is 25.8. The SMILES string of the molecule is COc1ccc(CNC(=O)C23CCC(NC(=O)COc4ccc(Cl)c(F)c4)(CC2)CC3C)cc1. The van der Waals surface area contributed by atoms with Crippen molar-refractivity contribution in [2.75, 3.05) is 13.7 Å². The zero-order valence-electron chi connectivity index (χ0n) is 19.5. The van der Waals surface area contributed by atoms with Gasteiger partial charge in [-0.05, 0) is 67.9 Å². The summed E-state index contributed by atoms with van der Waals surface area (Å²) in [5.41, 5.74) is 0.284. The van der Waals surface area contributed by atoms with Crippen LogP contribution in [0.1, 0.15) is 44.6 Å². The van der Waals surface area contributed by atoms with Crippen molar-refractivity contribution in [3.8, 4) is 11.5 Å². The Balaban J connectivity index is 1.30. The van der Waals surface area contributed by atoms with Gasteiger partial charge in [-0.15, -0.1) is 0 Å². The highest BCUT2D eigenvalue weighted by atomic mass is 35.5. The molecule has 3 fully saturated rings. The lowest BCUT2D eigenvalue weighted by Gasteiger charge is -2.56. The molecule has 1 atom stereocenters. The molecule has 0 aliphatic heterocycles. The van der Waals surface area contributed by atoms with E-state index in [1.54, 1.807) is 7.11 Å². The van der Waals surface area contributed by atoms with Gasteiger partial charge < -0.3 is 20.1 Å². The predicted octanol–water partition coefficient (Wildman–Crippen LogP) is 4.64. The molecule has 34 heavy (non-hydrogen) atoms. The summed E-state index contributed by atoms with van der Waals surface area (Å²) in [6, 6.07) is 11.7. The first kappa shape index (κ1) is 24.3. The standard InChI is InChI=1S/C26H30ClFN2O4/c1-17-14-25(30-23(31)16-34-20-7-8-21(27)22(28)13-20)9-11-26(17,12-10-25)24(32)29-15-18-3-5-19(33-2)6-4-18/h3-8,13,17H,9-12,14-16H2,1-2H3,(H,29,32)(H,30,31). The normalized spacial score (nSPS) is 25.5. The van der Waals surface area contributed by atoms with Gasteiger partial charge in [0.25, 0.3) is 5.91 Å². The van der Waals surface area contributed by atoms with Crippen molar-refractivity contribution >= 4 is 23.4 Å². The number of methoxy groups -OCH3 is 1. The summed E-state index contributed by atoms with van der Waals surface area (Å²) in [6.45, 7) is 2.37. The van der Waals surface area contributed by atoms with E-state index < -0.39 is 11.2 Å². The molecule has 2 aromatic rings. The number of ether oxygens (including phenoxy) is 2. The molecule has 2 amide bonds. The van der Waals surface area contributed by atoms with Crippen LogP contribution in [0.15, 0.2) is 42.5 Å². The average molecular weight is 489 g/mol. The van der Waals surface area contributed by atoms with E-state index in [4.69, 9.17) is 21.1 Å². The molecule has 0 aromatic heterocycles. The van der Waals surface area contributed by atoms with Crippen LogP contribution in [0.2, 0.25) is 5.02 Å². The maximum Gasteiger partial charge on any atom is 0.258 e. The first-order valence-corrected chi connectivity index (χ1v) is 11.9. The van der Waals surface area contributed by atoms with Crippen LogP contribution in [0.3, 0.4) is 0 Å². The lowest BCUT2D eigenvalue weighted by molar-refractivity contribution is -0.146. The third-order valence-electron chi connectivity index (χ3n) is 7.47. The van der Waals surface area contributed by atoms with Crippen molar-refractivity contribution in [3.05, 3.63) is 58.9 Å². The molecule has 2 aromatic carbocycles. The molecule has 3 aliphatic carbocycles. The molecular formula is C26H30ClFN2O4. The van der Waals surface area contributed by atoms with E-state index in [1.807, 2.05) is 24.3 Å². The Labute approximate surface area is 204 Å². The third-order valence-corrected chi connectivity index (χ3v) is 7.78. The number of nitrogens with one attached hydrogen (secondary N) is 2. The number of carbonyl (C=O) groups excluding carboxylic acids is 2. The Bertz CT molecular complexity index is 1050. The van der Waals surface area contributed by atoms with Crippen LogP contribution in [0.5, 0.6) is 11.5 Å². The highest BCUT2D eigenvalue weighted by Crippen LogP contribution is 2.55. The molecule has 3 saturated carbocycles. The Morgan fingerprint density at radius 3 is 2.38 bits per heavy atom. The topological polar surface area (TPSA) is 76.7 Å². The second-order valence-corrected chi connectivity index (χ2v) is 9.89. The molecule has 0 saturated heterocycles. The van der Waals surface area contributed by atoms with E-state index >= 15 is 0 Å². The van der Waals surface area contributed by atoms with Gasteiger partial charge in [-0.25, -0.2) is 4.39 Å². The van der Waals surface area contributed by atoms with E-state index in [0.717, 1.165) is 49.5 Å². The average Bonchev–Trinajstić information content (AvgIpc) is 2.84. The minimum atomic E-state index is -0.590. The van der Waals surface area contributed by atoms with E-state index in [9.17, 15) is 14.0 Å². The molecule has 6 nitrogen and oxygen atoms in total. The summed E-state index contributed by atoms with van der Waals surface area (Å²) in [6.07, 6.45) is 3.69. The lowest BCUT2D eigenvalue weighted by Crippen LogP contribution is -2.63. The Morgan fingerprint density at radius 1 is 1.09 bits per heavy atom. The summed E-state index contributed by atoms with van der Waals surface area (Å²) < 4.78 is 24.2. The van der Waals surface area contributed by atoms with Crippen molar-refractivity contribution in [1.82, 2.24) is 10.6 Å². The van der Waals surface area contributed by atoms with Gasteiger partial charge in [0.05, 0.1) is 17.5 Å². The van der Waals surface area contributed by atoms with E-state index in [1.165, 1.54) is 12.1 Å². The van der Waals surface area contributed by atoms with Crippen LogP contribution in [0, 0.1) is 17.2 Å². The number of hydrogen-bond donors (Lipinski definition) is 2. The van der Waals surface area contributed by atoms with Crippen molar-refractivity contribution < 1.29 is 23.5 Å². The Kier molecular flexibility index (Phi) is 7.03. The minimum Gasteiger partial charge on any atom is -0.497 e. The first-order valence-electron chi connectivity index (χ1n) is 11.6. The third kappa shape index (κ3) is 4.99. The molecule has 0 radical (unpaired) electrons. The van der Waals surface area contributed by atoms with Crippen LogP contribution < -0.4 is 20.1 Å². The number of carbonyl (C=O) groups is 2. The fourth-order valence-corrected chi connectivity index (χ4v) is 5.55. The van der Waals surface area contributed by atoms with Crippen molar-refractivity contribution in [2.45, 2.75) is 51.1 Å². The monoisotopic (exact) mass is 488 g/mol. The maximum atomic E-state index is 13.6. The van der Waals surface area contributed by atoms with Crippen LogP contribution in [0.25, 0.3) is 0 Å². The van der Waals surface area contributed by atoms with Gasteiger partial charge in [-0.2, -0.15) is 0 Å². The van der Waals surface area contributed by atoms with Crippen molar-refractivity contribution in [1.29, 1.82) is 0 Å². The van der Waals surface area contributed by atoms with E-state index in [2.05, 4.69) is 17.6 Å². The molecular weight excluding hydrogens is 459 g/mol. The van der Waals surface area contributed by atoms with Crippen LogP contribution in [-0.4, -0.2) is 31.1 Å². The number of hydrogen-bond acceptors (Lipinski definition) is 4. The highest BCUT2D eigenvalue weighted by Gasteiger charge is 2.56. The summed E-state index contributed by atoms with van der Waals surface area (Å²) >= 11 is 5.68. The zero-order chi connectivity index (χ0) is 24.3. The number of fused-ring (bicyclic) bond motifs is 3. The molecule has 1 unspecified atom stereocenters. The van der Waals surface area contributed by atoms with Crippen molar-refractivity contribution in [3.63, 3.8) is 0 Å². The number of halogens is 2. The minimum absolute atomic E-state index is 0.00519. The molecule has 2 bridgehead atoms. The van der Waals surface area contributed by atoms with E-state index in [0.29, 0.717) is 6.54 Å². The van der Waals surface area contributed by atoms with Gasteiger partial charge in [0.15, 0.2) is 6.61 Å². The van der Waals surface area contributed by atoms with Crippen LogP contribution >= 0.6 is 11.6 Å². The van der Waals surface area contributed by atoms with E-state index in [-0.39, 0.29) is 40.7 Å². The van der Waals surface area contributed by atoms with Gasteiger partial charge in [0.1, 0.15) is 17.3 Å². The second-order valence-electron chi connectivity index (χ2n) is 9.49. The quantitative estimate of drug-likeness (QED) is 0.567.